The Balaban J connectivity index is 4.43. The molecule has 0 fully saturated rings. The second kappa shape index (κ2) is 5.93. The number of unbranched alkanes of at least 4 members (excludes halogenated alkanes) is 1. The lowest BCUT2D eigenvalue weighted by molar-refractivity contribution is -0.419. The average molecular weight is 185 g/mol. The fourth-order valence-corrected chi connectivity index (χ4v) is 0.652. The molecule has 0 bridgehead atoms. The molecule has 0 saturated carbocycles. The summed E-state index contributed by atoms with van der Waals surface area (Å²) in [6, 6.07) is 0. The number of carboxylic acid groups (broad SMARTS) is 1. The highest BCUT2D eigenvalue weighted by molar-refractivity contribution is 5.80. The molecule has 5 heteroatoms. The first kappa shape index (κ1) is 11.4. The lowest BCUT2D eigenvalue weighted by Gasteiger charge is -1.89. The van der Waals surface area contributed by atoms with E-state index in [0.717, 1.165) is 18.6 Å². The van der Waals surface area contributed by atoms with Gasteiger partial charge in [0.05, 0.1) is 4.92 Å². The van der Waals surface area contributed by atoms with Crippen molar-refractivity contribution in [2.45, 2.75) is 19.8 Å². The zero-order valence-corrected chi connectivity index (χ0v) is 7.27. The van der Waals surface area contributed by atoms with Gasteiger partial charge in [-0.2, -0.15) is 0 Å². The third kappa shape index (κ3) is 5.60. The molecule has 72 valence electrons. The molecule has 0 aliphatic carbocycles. The number of carbonyl (C=O) groups is 1. The van der Waals surface area contributed by atoms with Crippen LogP contribution < -0.4 is 0 Å². The van der Waals surface area contributed by atoms with E-state index in [1.54, 1.807) is 0 Å². The molecule has 1 N–H and O–H groups in total. The van der Waals surface area contributed by atoms with Crippen LogP contribution in [0.4, 0.5) is 0 Å². The number of hydrogen-bond acceptors (Lipinski definition) is 3. The molecule has 0 unspecified atom stereocenters. The average Bonchev–Trinajstić information content (AvgIpc) is 2.03. The van der Waals surface area contributed by atoms with E-state index >= 15 is 0 Å². The first-order valence-corrected chi connectivity index (χ1v) is 3.83. The Labute approximate surface area is 75.5 Å². The zero-order valence-electron chi connectivity index (χ0n) is 7.27. The number of carboxylic acids is 1. The van der Waals surface area contributed by atoms with Gasteiger partial charge in [-0.1, -0.05) is 13.3 Å². The predicted octanol–water partition coefficient (Wildman–Crippen LogP) is 1.59. The van der Waals surface area contributed by atoms with E-state index < -0.39 is 10.9 Å². The van der Waals surface area contributed by atoms with E-state index in [4.69, 9.17) is 5.11 Å². The van der Waals surface area contributed by atoms with Crippen molar-refractivity contribution in [3.05, 3.63) is 34.0 Å². The minimum atomic E-state index is -1.19. The van der Waals surface area contributed by atoms with Gasteiger partial charge in [0, 0.05) is 12.2 Å². The Bertz CT molecular complexity index is 255. The van der Waals surface area contributed by atoms with Crippen LogP contribution in [0.2, 0.25) is 0 Å². The van der Waals surface area contributed by atoms with Gasteiger partial charge in [0.25, 0.3) is 5.70 Å². The van der Waals surface area contributed by atoms with Crippen LogP contribution >= 0.6 is 0 Å². The van der Waals surface area contributed by atoms with E-state index in [1.165, 1.54) is 6.08 Å². The van der Waals surface area contributed by atoms with Crippen molar-refractivity contribution in [2.24, 2.45) is 0 Å². The fourth-order valence-electron chi connectivity index (χ4n) is 0.652. The quantitative estimate of drug-likeness (QED) is 0.305. The summed E-state index contributed by atoms with van der Waals surface area (Å²) in [6.45, 7) is 1.88. The third-order valence-electron chi connectivity index (χ3n) is 1.25. The van der Waals surface area contributed by atoms with Gasteiger partial charge in [-0.05, 0) is 12.5 Å². The highest BCUT2D eigenvalue weighted by atomic mass is 16.6. The summed E-state index contributed by atoms with van der Waals surface area (Å²) in [5.41, 5.74) is -0.177. The molecular weight excluding hydrogens is 174 g/mol. The standard InChI is InChI=1S/C8H11NO4/c1-2-3-4-7(9(12)13)5-6-8(10)11/h4-6H,2-3H2,1H3,(H,10,11). The van der Waals surface area contributed by atoms with Crippen molar-refractivity contribution in [1.29, 1.82) is 0 Å². The van der Waals surface area contributed by atoms with E-state index in [-0.39, 0.29) is 5.70 Å². The van der Waals surface area contributed by atoms with E-state index in [1.807, 2.05) is 6.92 Å². The molecule has 0 rings (SSSR count). The molecule has 0 aromatic carbocycles. The molecule has 0 aliphatic rings. The van der Waals surface area contributed by atoms with Crippen LogP contribution in [0, 0.1) is 10.1 Å². The lowest BCUT2D eigenvalue weighted by Crippen LogP contribution is -1.97. The minimum Gasteiger partial charge on any atom is -0.478 e. The molecule has 0 saturated heterocycles. The number of nitro groups is 1. The molecule has 0 radical (unpaired) electrons. The molecule has 0 atom stereocenters. The minimum absolute atomic E-state index is 0.177. The van der Waals surface area contributed by atoms with E-state index in [0.29, 0.717) is 6.42 Å². The smallest absolute Gasteiger partial charge is 0.328 e. The van der Waals surface area contributed by atoms with Gasteiger partial charge in [-0.3, -0.25) is 10.1 Å². The second-order valence-corrected chi connectivity index (χ2v) is 2.35. The summed E-state index contributed by atoms with van der Waals surface area (Å²) in [7, 11) is 0. The summed E-state index contributed by atoms with van der Waals surface area (Å²) >= 11 is 0. The molecule has 13 heavy (non-hydrogen) atoms. The van der Waals surface area contributed by atoms with Gasteiger partial charge in [-0.15, -0.1) is 0 Å². The summed E-state index contributed by atoms with van der Waals surface area (Å²) < 4.78 is 0. The first-order chi connectivity index (χ1) is 6.07. The van der Waals surface area contributed by atoms with Gasteiger partial charge in [0.2, 0.25) is 0 Å². The monoisotopic (exact) mass is 185 g/mol. The largest absolute Gasteiger partial charge is 0.478 e. The van der Waals surface area contributed by atoms with E-state index in [2.05, 4.69) is 0 Å². The molecule has 0 aliphatic heterocycles. The summed E-state index contributed by atoms with van der Waals surface area (Å²) in [4.78, 5) is 19.8. The van der Waals surface area contributed by atoms with Gasteiger partial charge in [-0.25, -0.2) is 4.79 Å². The van der Waals surface area contributed by atoms with E-state index in [9.17, 15) is 14.9 Å². The van der Waals surface area contributed by atoms with Gasteiger partial charge in [0.1, 0.15) is 0 Å². The molecule has 0 aromatic heterocycles. The Hall–Kier alpha value is -1.65. The van der Waals surface area contributed by atoms with Crippen molar-refractivity contribution in [3.63, 3.8) is 0 Å². The molecular formula is C8H11NO4. The topological polar surface area (TPSA) is 80.4 Å². The maximum atomic E-state index is 10.3. The highest BCUT2D eigenvalue weighted by Crippen LogP contribution is 2.01. The van der Waals surface area contributed by atoms with Crippen molar-refractivity contribution in [2.75, 3.05) is 0 Å². The normalized spacial score (nSPS) is 11.9. The van der Waals surface area contributed by atoms with Crippen LogP contribution in [0.25, 0.3) is 0 Å². The number of aliphatic carboxylic acids is 1. The maximum Gasteiger partial charge on any atom is 0.328 e. The number of hydrogen-bond donors (Lipinski definition) is 1. The van der Waals surface area contributed by atoms with Crippen molar-refractivity contribution in [3.8, 4) is 0 Å². The molecule has 0 spiro atoms. The fraction of sp³-hybridized carbons (Fsp3) is 0.375. The SMILES string of the molecule is CCCC=C(C=CC(=O)O)[N+](=O)[O-]. The number of allylic oxidation sites excluding steroid dienone is 2. The van der Waals surface area contributed by atoms with Crippen molar-refractivity contribution >= 4 is 5.97 Å². The first-order valence-electron chi connectivity index (χ1n) is 3.83. The van der Waals surface area contributed by atoms with Crippen LogP contribution in [0.1, 0.15) is 19.8 Å². The maximum absolute atomic E-state index is 10.3. The Morgan fingerprint density at radius 3 is 2.54 bits per heavy atom. The Morgan fingerprint density at radius 1 is 1.54 bits per heavy atom. The molecule has 5 nitrogen and oxygen atoms in total. The predicted molar refractivity (Wildman–Crippen MR) is 46.8 cm³/mol. The molecule has 0 amide bonds. The van der Waals surface area contributed by atoms with Crippen LogP contribution in [-0.2, 0) is 4.79 Å². The summed E-state index contributed by atoms with van der Waals surface area (Å²) in [6.07, 6.45) is 4.50. The number of rotatable bonds is 5. The molecule has 0 heterocycles. The lowest BCUT2D eigenvalue weighted by atomic mass is 10.2. The van der Waals surface area contributed by atoms with Crippen molar-refractivity contribution < 1.29 is 14.8 Å². The van der Waals surface area contributed by atoms with Crippen LogP contribution in [0.3, 0.4) is 0 Å². The number of nitrogens with zero attached hydrogens (tertiary/aromatic N) is 1. The summed E-state index contributed by atoms with van der Waals surface area (Å²) in [5.74, 6) is -1.19. The second-order valence-electron chi connectivity index (χ2n) is 2.35. The third-order valence-corrected chi connectivity index (χ3v) is 1.25. The Kier molecular flexibility index (Phi) is 5.18. The van der Waals surface area contributed by atoms with Gasteiger partial charge in [0.15, 0.2) is 0 Å². The Morgan fingerprint density at radius 2 is 2.15 bits per heavy atom. The zero-order chi connectivity index (χ0) is 10.3. The van der Waals surface area contributed by atoms with Gasteiger partial charge >= 0.3 is 5.97 Å². The van der Waals surface area contributed by atoms with Crippen LogP contribution in [0.5, 0.6) is 0 Å². The van der Waals surface area contributed by atoms with Crippen LogP contribution in [0.15, 0.2) is 23.9 Å². The molecule has 0 aromatic rings. The summed E-state index contributed by atoms with van der Waals surface area (Å²) in [5, 5.41) is 18.5. The van der Waals surface area contributed by atoms with Gasteiger partial charge < -0.3 is 5.11 Å². The van der Waals surface area contributed by atoms with Crippen LogP contribution in [-0.4, -0.2) is 16.0 Å². The highest BCUT2D eigenvalue weighted by Gasteiger charge is 2.04. The van der Waals surface area contributed by atoms with Crippen molar-refractivity contribution in [1.82, 2.24) is 0 Å².